The van der Waals surface area contributed by atoms with E-state index in [0.29, 0.717) is 18.3 Å². The van der Waals surface area contributed by atoms with Crippen molar-refractivity contribution in [2.24, 2.45) is 0 Å². The first kappa shape index (κ1) is 21.1. The predicted molar refractivity (Wildman–Crippen MR) is 109 cm³/mol. The van der Waals surface area contributed by atoms with Crippen LogP contribution >= 0.6 is 11.8 Å². The van der Waals surface area contributed by atoms with Crippen molar-refractivity contribution >= 4 is 23.4 Å². The molecular weight excluding hydrogens is 394 g/mol. The number of nitro benzene ring substituents is 1. The molecule has 1 N–H and O–H groups in total. The molecule has 1 aliphatic carbocycles. The normalized spacial score (nSPS) is 14.1. The van der Waals surface area contributed by atoms with E-state index in [2.05, 4.69) is 20.1 Å². The zero-order valence-electron chi connectivity index (χ0n) is 16.4. The molecule has 0 atom stereocenters. The second-order valence-corrected chi connectivity index (χ2v) is 7.68. The molecule has 1 aliphatic rings. The van der Waals surface area contributed by atoms with Crippen molar-refractivity contribution in [3.8, 4) is 5.75 Å². The van der Waals surface area contributed by atoms with E-state index in [0.717, 1.165) is 23.8 Å². The highest BCUT2D eigenvalue weighted by molar-refractivity contribution is 7.98. The Balaban J connectivity index is 1.41. The molecule has 3 rings (SSSR count). The van der Waals surface area contributed by atoms with Crippen molar-refractivity contribution in [2.75, 3.05) is 19.4 Å². The molecule has 156 valence electrons. The van der Waals surface area contributed by atoms with E-state index >= 15 is 0 Å². The van der Waals surface area contributed by atoms with E-state index in [1.54, 1.807) is 11.8 Å². The number of ether oxygens (including phenoxy) is 1. The number of aromatic nitrogens is 3. The van der Waals surface area contributed by atoms with Crippen LogP contribution in [0.5, 0.6) is 5.75 Å². The minimum atomic E-state index is -0.480. The summed E-state index contributed by atoms with van der Waals surface area (Å²) in [5.41, 5.74) is -0.0168. The van der Waals surface area contributed by atoms with Crippen LogP contribution in [0.2, 0.25) is 0 Å². The summed E-state index contributed by atoms with van der Waals surface area (Å²) in [6, 6.07) is 6.13. The Kier molecular flexibility index (Phi) is 7.45. The summed E-state index contributed by atoms with van der Waals surface area (Å²) < 4.78 is 7.63. The summed E-state index contributed by atoms with van der Waals surface area (Å²) in [7, 11) is 0. The van der Waals surface area contributed by atoms with Gasteiger partial charge in [-0.1, -0.05) is 24.6 Å². The first-order chi connectivity index (χ1) is 14.1. The van der Waals surface area contributed by atoms with Crippen LogP contribution in [0.25, 0.3) is 0 Å². The maximum atomic E-state index is 11.9. The summed E-state index contributed by atoms with van der Waals surface area (Å²) in [6.07, 6.45) is 8.40. The van der Waals surface area contributed by atoms with Gasteiger partial charge in [0.1, 0.15) is 11.6 Å². The first-order valence-corrected chi connectivity index (χ1v) is 10.9. The molecule has 1 aromatic heterocycles. The Morgan fingerprint density at radius 2 is 2.03 bits per heavy atom. The second-order valence-electron chi connectivity index (χ2n) is 6.90. The standard InChI is InChI=1S/C19H25N5O4S/c1-29-19-22-21-17(23(19)14-5-2-3-6-14)7-4-12-20-18(25)13-28-16-10-8-15(9-11-16)24(26)27/h8-11,14H,2-7,12-13H2,1H3,(H,20,25). The maximum absolute atomic E-state index is 11.9. The molecule has 1 heterocycles. The number of carbonyl (C=O) groups excluding carboxylic acids is 1. The highest BCUT2D eigenvalue weighted by Crippen LogP contribution is 2.33. The predicted octanol–water partition coefficient (Wildman–Crippen LogP) is 3.15. The third-order valence-electron chi connectivity index (χ3n) is 4.92. The second kappa shape index (κ2) is 10.2. The van der Waals surface area contributed by atoms with Gasteiger partial charge in [0.25, 0.3) is 11.6 Å². The van der Waals surface area contributed by atoms with Crippen LogP contribution in [0.15, 0.2) is 29.4 Å². The first-order valence-electron chi connectivity index (χ1n) is 9.70. The van der Waals surface area contributed by atoms with Crippen LogP contribution in [0.3, 0.4) is 0 Å². The third kappa shape index (κ3) is 5.69. The molecule has 0 unspecified atom stereocenters. The van der Waals surface area contributed by atoms with Crippen LogP contribution in [0, 0.1) is 10.1 Å². The Labute approximate surface area is 173 Å². The number of carbonyl (C=O) groups is 1. The number of amides is 1. The van der Waals surface area contributed by atoms with Gasteiger partial charge >= 0.3 is 0 Å². The molecule has 0 aliphatic heterocycles. The average molecular weight is 420 g/mol. The van der Waals surface area contributed by atoms with E-state index < -0.39 is 4.92 Å². The SMILES string of the molecule is CSc1nnc(CCCNC(=O)COc2ccc([N+](=O)[O-])cc2)n1C1CCCC1. The van der Waals surface area contributed by atoms with Crippen LogP contribution in [0.1, 0.15) is 44.0 Å². The van der Waals surface area contributed by atoms with Crippen LogP contribution in [-0.4, -0.2) is 45.0 Å². The van der Waals surface area contributed by atoms with Gasteiger partial charge in [-0.3, -0.25) is 14.9 Å². The fourth-order valence-corrected chi connectivity index (χ4v) is 4.06. The van der Waals surface area contributed by atoms with Crippen molar-refractivity contribution in [3.63, 3.8) is 0 Å². The molecule has 29 heavy (non-hydrogen) atoms. The number of nitrogens with one attached hydrogen (secondary N) is 1. The highest BCUT2D eigenvalue weighted by atomic mass is 32.2. The number of rotatable bonds is 10. The topological polar surface area (TPSA) is 112 Å². The lowest BCUT2D eigenvalue weighted by molar-refractivity contribution is -0.384. The number of non-ortho nitro benzene ring substituents is 1. The molecule has 1 amide bonds. The molecule has 0 radical (unpaired) electrons. The molecule has 2 aromatic rings. The number of thioether (sulfide) groups is 1. The van der Waals surface area contributed by atoms with Gasteiger partial charge in [-0.25, -0.2) is 0 Å². The van der Waals surface area contributed by atoms with Gasteiger partial charge in [0.15, 0.2) is 11.8 Å². The molecule has 10 heteroatoms. The van der Waals surface area contributed by atoms with Gasteiger partial charge in [-0.05, 0) is 37.7 Å². The van der Waals surface area contributed by atoms with Crippen LogP contribution in [-0.2, 0) is 11.2 Å². The lowest BCUT2D eigenvalue weighted by atomic mass is 10.2. The number of nitrogens with zero attached hydrogens (tertiary/aromatic N) is 4. The fraction of sp³-hybridized carbons (Fsp3) is 0.526. The summed E-state index contributed by atoms with van der Waals surface area (Å²) >= 11 is 1.62. The van der Waals surface area contributed by atoms with Gasteiger partial charge in [0, 0.05) is 31.1 Å². The molecule has 1 saturated carbocycles. The molecule has 0 bridgehead atoms. The van der Waals surface area contributed by atoms with Crippen molar-refractivity contribution < 1.29 is 14.5 Å². The van der Waals surface area contributed by atoms with Gasteiger partial charge in [0.2, 0.25) is 0 Å². The monoisotopic (exact) mass is 419 g/mol. The van der Waals surface area contributed by atoms with E-state index in [-0.39, 0.29) is 18.2 Å². The lowest BCUT2D eigenvalue weighted by Crippen LogP contribution is -2.30. The minimum Gasteiger partial charge on any atom is -0.484 e. The van der Waals surface area contributed by atoms with Gasteiger partial charge in [-0.2, -0.15) is 0 Å². The lowest BCUT2D eigenvalue weighted by Gasteiger charge is -2.16. The highest BCUT2D eigenvalue weighted by Gasteiger charge is 2.23. The van der Waals surface area contributed by atoms with E-state index in [1.807, 2.05) is 6.26 Å². The number of hydrogen-bond acceptors (Lipinski definition) is 7. The van der Waals surface area contributed by atoms with Crippen molar-refractivity contribution in [2.45, 2.75) is 49.7 Å². The number of nitro groups is 1. The summed E-state index contributed by atoms with van der Waals surface area (Å²) in [5.74, 6) is 1.17. The van der Waals surface area contributed by atoms with Gasteiger partial charge < -0.3 is 14.6 Å². The molecule has 0 saturated heterocycles. The Morgan fingerprint density at radius 1 is 1.31 bits per heavy atom. The minimum absolute atomic E-state index is 0.0168. The molecule has 1 fully saturated rings. The third-order valence-corrected chi connectivity index (χ3v) is 5.57. The maximum Gasteiger partial charge on any atom is 0.269 e. The van der Waals surface area contributed by atoms with Crippen molar-refractivity contribution in [1.29, 1.82) is 0 Å². The van der Waals surface area contributed by atoms with Crippen LogP contribution < -0.4 is 10.1 Å². The van der Waals surface area contributed by atoms with Crippen molar-refractivity contribution in [3.05, 3.63) is 40.2 Å². The molecule has 1 aromatic carbocycles. The number of hydrogen-bond donors (Lipinski definition) is 1. The van der Waals surface area contributed by atoms with E-state index in [9.17, 15) is 14.9 Å². The zero-order valence-corrected chi connectivity index (χ0v) is 17.2. The Hall–Kier alpha value is -2.62. The zero-order chi connectivity index (χ0) is 20.6. The van der Waals surface area contributed by atoms with Gasteiger partial charge in [0.05, 0.1) is 4.92 Å². The fourth-order valence-electron chi connectivity index (χ4n) is 3.48. The molecule has 9 nitrogen and oxygen atoms in total. The Bertz CT molecular complexity index is 834. The largest absolute Gasteiger partial charge is 0.484 e. The average Bonchev–Trinajstić information content (AvgIpc) is 3.39. The molecule has 0 spiro atoms. The summed E-state index contributed by atoms with van der Waals surface area (Å²) in [4.78, 5) is 22.1. The van der Waals surface area contributed by atoms with Crippen LogP contribution in [0.4, 0.5) is 5.69 Å². The van der Waals surface area contributed by atoms with E-state index in [4.69, 9.17) is 4.74 Å². The summed E-state index contributed by atoms with van der Waals surface area (Å²) in [5, 5.41) is 23.1. The quantitative estimate of drug-likeness (QED) is 0.272. The molecular formula is C19H25N5O4S. The number of benzene rings is 1. The van der Waals surface area contributed by atoms with Gasteiger partial charge in [-0.15, -0.1) is 10.2 Å². The smallest absolute Gasteiger partial charge is 0.269 e. The van der Waals surface area contributed by atoms with E-state index in [1.165, 1.54) is 49.9 Å². The summed E-state index contributed by atoms with van der Waals surface area (Å²) in [6.45, 7) is 0.390. The van der Waals surface area contributed by atoms with Crippen molar-refractivity contribution in [1.82, 2.24) is 20.1 Å². The number of aryl methyl sites for hydroxylation is 1. The Morgan fingerprint density at radius 3 is 2.69 bits per heavy atom.